The summed E-state index contributed by atoms with van der Waals surface area (Å²) in [6, 6.07) is 7.59. The van der Waals surface area contributed by atoms with Crippen LogP contribution in [-0.4, -0.2) is 70.2 Å². The molecule has 5 heterocycles. The number of carboxylic acid groups (broad SMARTS) is 1. The van der Waals surface area contributed by atoms with E-state index >= 15 is 0 Å². The Hall–Kier alpha value is -6.04. The van der Waals surface area contributed by atoms with Crippen molar-refractivity contribution in [2.75, 3.05) is 21.3 Å². The number of aromatic amines is 2. The molecule has 274 valence electrons. The molecule has 0 saturated heterocycles. The smallest absolute Gasteiger partial charge is 0.334 e. The summed E-state index contributed by atoms with van der Waals surface area (Å²) in [7, 11) is 3.89. The molecule has 0 amide bonds. The van der Waals surface area contributed by atoms with E-state index in [0.29, 0.717) is 45.8 Å². The average molecular weight is 719 g/mol. The number of hydrogen-bond donors (Lipinski definition) is 3. The van der Waals surface area contributed by atoms with Crippen LogP contribution < -0.4 is 0 Å². The van der Waals surface area contributed by atoms with E-state index in [-0.39, 0.29) is 30.8 Å². The SMILES string of the molecule is C=Cc1c(C)c2cc3nc(cc4[nH]c(cc5nc(cc1[nH]2)C(C)=C5CCC(=O)O)c(CCC(=O)OC)c4C)[C@]1(C)C3=CC=C(C(=O)OC)[C@H]1C(=O)OC. The number of hydrogen-bond acceptors (Lipinski definition) is 9. The molecule has 2 aliphatic heterocycles. The molecule has 2 atom stereocenters. The number of aryl methyl sites for hydroxylation is 3. The first-order chi connectivity index (χ1) is 25.3. The number of carboxylic acids is 1. The van der Waals surface area contributed by atoms with Gasteiger partial charge in [0.1, 0.15) is 5.92 Å². The van der Waals surface area contributed by atoms with Crippen molar-refractivity contribution in [1.29, 1.82) is 0 Å². The van der Waals surface area contributed by atoms with Crippen LogP contribution >= 0.6 is 0 Å². The van der Waals surface area contributed by atoms with Gasteiger partial charge in [-0.25, -0.2) is 9.78 Å². The molecule has 3 aromatic heterocycles. The van der Waals surface area contributed by atoms with Crippen LogP contribution in [0.5, 0.6) is 0 Å². The number of H-pyrrole nitrogens is 2. The third-order valence-electron chi connectivity index (χ3n) is 10.7. The number of esters is 3. The first-order valence-corrected chi connectivity index (χ1v) is 17.2. The van der Waals surface area contributed by atoms with Gasteiger partial charge in [-0.05, 0) is 98.2 Å². The van der Waals surface area contributed by atoms with Gasteiger partial charge in [-0.1, -0.05) is 24.8 Å². The molecular formula is C41H42N4O8. The lowest BCUT2D eigenvalue weighted by Gasteiger charge is -2.36. The van der Waals surface area contributed by atoms with Gasteiger partial charge in [0.2, 0.25) is 0 Å². The molecule has 12 heteroatoms. The van der Waals surface area contributed by atoms with Gasteiger partial charge in [0, 0.05) is 40.5 Å². The van der Waals surface area contributed by atoms with Crippen molar-refractivity contribution in [3.8, 4) is 0 Å². The molecule has 3 aliphatic rings. The second kappa shape index (κ2) is 14.2. The van der Waals surface area contributed by atoms with E-state index in [0.717, 1.165) is 44.4 Å². The zero-order valence-electron chi connectivity index (χ0n) is 30.9. The summed E-state index contributed by atoms with van der Waals surface area (Å²) in [5.41, 5.74) is 9.92. The van der Waals surface area contributed by atoms with Gasteiger partial charge in [-0.2, -0.15) is 0 Å². The van der Waals surface area contributed by atoms with E-state index < -0.39 is 29.2 Å². The first-order valence-electron chi connectivity index (χ1n) is 17.2. The van der Waals surface area contributed by atoms with Crippen molar-refractivity contribution in [3.05, 3.63) is 93.6 Å². The zero-order valence-corrected chi connectivity index (χ0v) is 30.9. The number of ether oxygens (including phenoxy) is 3. The summed E-state index contributed by atoms with van der Waals surface area (Å²) in [6.07, 6.45) is 5.79. The number of fused-ring (bicyclic) bond motifs is 11. The van der Waals surface area contributed by atoms with Gasteiger partial charge in [0.25, 0.3) is 0 Å². The Kier molecular flexibility index (Phi) is 9.83. The Bertz CT molecular complexity index is 2370. The maximum absolute atomic E-state index is 13.7. The van der Waals surface area contributed by atoms with Gasteiger partial charge in [0.15, 0.2) is 0 Å². The minimum Gasteiger partial charge on any atom is -0.481 e. The summed E-state index contributed by atoms with van der Waals surface area (Å²) in [6.45, 7) is 11.8. The van der Waals surface area contributed by atoms with E-state index in [1.807, 2.05) is 52.0 Å². The van der Waals surface area contributed by atoms with Crippen LogP contribution in [0, 0.1) is 19.8 Å². The molecule has 1 aliphatic carbocycles. The Balaban J connectivity index is 1.78. The lowest BCUT2D eigenvalue weighted by atomic mass is 9.64. The molecular weight excluding hydrogens is 676 g/mol. The summed E-state index contributed by atoms with van der Waals surface area (Å²) in [5, 5.41) is 9.61. The van der Waals surface area contributed by atoms with E-state index in [1.165, 1.54) is 21.3 Å². The number of carbonyl (C=O) groups excluding carboxylic acids is 3. The summed E-state index contributed by atoms with van der Waals surface area (Å²) in [5.74, 6) is -3.66. The molecule has 53 heavy (non-hydrogen) atoms. The first kappa shape index (κ1) is 36.7. The van der Waals surface area contributed by atoms with Crippen molar-refractivity contribution in [2.24, 2.45) is 5.92 Å². The zero-order chi connectivity index (χ0) is 38.4. The van der Waals surface area contributed by atoms with Crippen molar-refractivity contribution in [3.63, 3.8) is 0 Å². The molecule has 3 aromatic rings. The molecule has 3 N–H and O–H groups in total. The van der Waals surface area contributed by atoms with Crippen molar-refractivity contribution < 1.29 is 38.5 Å². The predicted molar refractivity (Wildman–Crippen MR) is 201 cm³/mol. The predicted octanol–water partition coefficient (Wildman–Crippen LogP) is 6.72. The molecule has 0 spiro atoms. The normalized spacial score (nSPS) is 17.8. The van der Waals surface area contributed by atoms with Gasteiger partial charge >= 0.3 is 23.9 Å². The maximum atomic E-state index is 13.7. The molecule has 0 fully saturated rings. The Morgan fingerprint density at radius 2 is 1.51 bits per heavy atom. The van der Waals surface area contributed by atoms with Gasteiger partial charge < -0.3 is 29.3 Å². The van der Waals surface area contributed by atoms with Crippen molar-refractivity contribution >= 4 is 68.7 Å². The Morgan fingerprint density at radius 1 is 0.830 bits per heavy atom. The number of carbonyl (C=O) groups is 4. The molecule has 6 rings (SSSR count). The van der Waals surface area contributed by atoms with Gasteiger partial charge in [-0.15, -0.1) is 0 Å². The Labute approximate surface area is 306 Å². The molecule has 0 unspecified atom stereocenters. The number of allylic oxidation sites excluding steroid dienone is 5. The van der Waals surface area contributed by atoms with E-state index in [1.54, 1.807) is 18.2 Å². The summed E-state index contributed by atoms with van der Waals surface area (Å²) < 4.78 is 15.4. The van der Waals surface area contributed by atoms with E-state index in [2.05, 4.69) is 16.5 Å². The number of nitrogens with zero attached hydrogens (tertiary/aromatic N) is 2. The summed E-state index contributed by atoms with van der Waals surface area (Å²) >= 11 is 0. The number of rotatable bonds is 9. The monoisotopic (exact) mass is 718 g/mol. The molecule has 0 radical (unpaired) electrons. The van der Waals surface area contributed by atoms with E-state index in [9.17, 15) is 24.3 Å². The highest BCUT2D eigenvalue weighted by atomic mass is 16.5. The highest BCUT2D eigenvalue weighted by molar-refractivity contribution is 6.02. The van der Waals surface area contributed by atoms with Crippen LogP contribution in [0.4, 0.5) is 0 Å². The summed E-state index contributed by atoms with van der Waals surface area (Å²) in [4.78, 5) is 68.1. The third kappa shape index (κ3) is 6.28. The quantitative estimate of drug-likeness (QED) is 0.159. The van der Waals surface area contributed by atoms with Crippen molar-refractivity contribution in [2.45, 2.75) is 58.8 Å². The fourth-order valence-electron chi connectivity index (χ4n) is 7.68. The second-order valence-corrected chi connectivity index (χ2v) is 13.5. The minimum absolute atomic E-state index is 0.0837. The lowest BCUT2D eigenvalue weighted by Crippen LogP contribution is -2.42. The minimum atomic E-state index is -1.17. The van der Waals surface area contributed by atoms with Gasteiger partial charge in [0.05, 0.1) is 55.1 Å². The number of nitrogens with one attached hydrogen (secondary N) is 2. The van der Waals surface area contributed by atoms with Gasteiger partial charge in [-0.3, -0.25) is 19.4 Å². The standard InChI is InChI=1S/C41H42N4O8/c1-9-23-20(2)29-17-34-27-13-10-26(39(49)52-7)38(40(50)53-8)41(27,5)35(45-34)19-30-22(4)25(12-15-37(48)51-6)33(44-30)18-32-24(11-14-36(46)47)21(3)28(43-32)16-31(23)42-29/h9-10,13,16-19,38,42,44H,1,11-12,14-15H2,2-8H3,(H,46,47)/t38-,41-/m0/s1. The highest BCUT2D eigenvalue weighted by Crippen LogP contribution is 2.52. The van der Waals surface area contributed by atoms with Crippen LogP contribution in [0.2, 0.25) is 0 Å². The van der Waals surface area contributed by atoms with Crippen LogP contribution in [-0.2, 0) is 45.2 Å². The average Bonchev–Trinajstić information content (AvgIpc) is 3.79. The number of methoxy groups -OCH3 is 3. The largest absolute Gasteiger partial charge is 0.481 e. The van der Waals surface area contributed by atoms with Crippen LogP contribution in [0.1, 0.15) is 78.1 Å². The number of aliphatic carboxylic acids is 1. The third-order valence-corrected chi connectivity index (χ3v) is 10.7. The highest BCUT2D eigenvalue weighted by Gasteiger charge is 2.53. The molecule has 0 saturated carbocycles. The van der Waals surface area contributed by atoms with Crippen LogP contribution in [0.3, 0.4) is 0 Å². The molecule has 12 nitrogen and oxygen atoms in total. The van der Waals surface area contributed by atoms with Crippen LogP contribution in [0.15, 0.2) is 48.6 Å². The van der Waals surface area contributed by atoms with Crippen LogP contribution in [0.25, 0.3) is 44.9 Å². The second-order valence-electron chi connectivity index (χ2n) is 13.5. The molecule has 8 bridgehead atoms. The fourth-order valence-corrected chi connectivity index (χ4v) is 7.68. The van der Waals surface area contributed by atoms with E-state index in [4.69, 9.17) is 24.2 Å². The number of aromatic nitrogens is 4. The lowest BCUT2D eigenvalue weighted by molar-refractivity contribution is -0.149. The Morgan fingerprint density at radius 3 is 2.17 bits per heavy atom. The molecule has 0 aromatic carbocycles. The maximum Gasteiger partial charge on any atom is 0.334 e. The fraction of sp³-hybridized carbons (Fsp3) is 0.317. The van der Waals surface area contributed by atoms with Crippen molar-refractivity contribution in [1.82, 2.24) is 19.9 Å². The topological polar surface area (TPSA) is 174 Å².